The van der Waals surface area contributed by atoms with E-state index in [1.165, 1.54) is 37.2 Å². The summed E-state index contributed by atoms with van der Waals surface area (Å²) in [7, 11) is 1.53. The molecule has 0 spiro atoms. The Labute approximate surface area is 183 Å². The van der Waals surface area contributed by atoms with Gasteiger partial charge < -0.3 is 15.0 Å². The number of thioether (sulfide) groups is 1. The molecule has 3 aromatic rings. The summed E-state index contributed by atoms with van der Waals surface area (Å²) in [5, 5.41) is 3.46. The van der Waals surface area contributed by atoms with Gasteiger partial charge in [-0.2, -0.15) is 0 Å². The second-order valence-corrected chi connectivity index (χ2v) is 7.71. The summed E-state index contributed by atoms with van der Waals surface area (Å²) in [6, 6.07) is 11.1. The van der Waals surface area contributed by atoms with Crippen molar-refractivity contribution < 1.29 is 18.7 Å². The Balaban J connectivity index is 1.62. The average molecular weight is 441 g/mol. The largest absolute Gasteiger partial charge is 0.494 e. The van der Waals surface area contributed by atoms with E-state index in [2.05, 4.69) is 10.3 Å². The quantitative estimate of drug-likeness (QED) is 0.584. The molecule has 9 heteroatoms. The van der Waals surface area contributed by atoms with Crippen molar-refractivity contribution in [1.82, 2.24) is 9.55 Å². The van der Waals surface area contributed by atoms with E-state index in [4.69, 9.17) is 4.74 Å². The molecular formula is C22H21FN4O3S. The minimum atomic E-state index is -0.371. The number of aromatic nitrogens is 2. The van der Waals surface area contributed by atoms with Gasteiger partial charge in [0, 0.05) is 30.4 Å². The molecular weight excluding hydrogens is 419 g/mol. The lowest BCUT2D eigenvalue weighted by Gasteiger charge is -2.19. The first-order chi connectivity index (χ1) is 15.0. The minimum Gasteiger partial charge on any atom is -0.494 e. The number of hydrogen-bond donors (Lipinski definition) is 1. The lowest BCUT2D eigenvalue weighted by Crippen LogP contribution is -2.24. The van der Waals surface area contributed by atoms with Gasteiger partial charge in [-0.3, -0.25) is 14.2 Å². The summed E-state index contributed by atoms with van der Waals surface area (Å²) in [6.07, 6.45) is 4.67. The fourth-order valence-corrected chi connectivity index (χ4v) is 4.10. The molecule has 2 heterocycles. The van der Waals surface area contributed by atoms with Crippen molar-refractivity contribution in [1.29, 1.82) is 0 Å². The van der Waals surface area contributed by atoms with Crippen LogP contribution in [-0.4, -0.2) is 41.3 Å². The Kier molecular flexibility index (Phi) is 5.94. The van der Waals surface area contributed by atoms with E-state index in [0.717, 1.165) is 6.42 Å². The van der Waals surface area contributed by atoms with Crippen molar-refractivity contribution in [2.75, 3.05) is 30.1 Å². The number of hydrogen-bond acceptors (Lipinski definition) is 5. The number of amides is 2. The highest BCUT2D eigenvalue weighted by Gasteiger charge is 2.25. The van der Waals surface area contributed by atoms with Crippen molar-refractivity contribution in [2.24, 2.45) is 0 Å². The Hall–Kier alpha value is -3.33. The maximum absolute atomic E-state index is 13.4. The molecule has 7 nitrogen and oxygen atoms in total. The summed E-state index contributed by atoms with van der Waals surface area (Å²) < 4.78 is 20.5. The average Bonchev–Trinajstić information content (AvgIpc) is 3.40. The second kappa shape index (κ2) is 8.81. The molecule has 31 heavy (non-hydrogen) atoms. The van der Waals surface area contributed by atoms with Gasteiger partial charge in [0.05, 0.1) is 19.0 Å². The number of halogens is 1. The van der Waals surface area contributed by atoms with Gasteiger partial charge in [-0.15, -0.1) is 0 Å². The lowest BCUT2D eigenvalue weighted by atomic mass is 10.2. The molecule has 0 unspecified atom stereocenters. The number of nitrogens with zero attached hydrogens (tertiary/aromatic N) is 3. The van der Waals surface area contributed by atoms with E-state index >= 15 is 0 Å². The topological polar surface area (TPSA) is 76.5 Å². The first kappa shape index (κ1) is 20.9. The fraction of sp³-hybridized carbons (Fsp3) is 0.227. The summed E-state index contributed by atoms with van der Waals surface area (Å²) in [5.41, 5.74) is 2.15. The normalized spacial score (nSPS) is 13.5. The van der Waals surface area contributed by atoms with Gasteiger partial charge in [-0.1, -0.05) is 11.8 Å². The van der Waals surface area contributed by atoms with Crippen molar-refractivity contribution in [2.45, 2.75) is 18.0 Å². The van der Waals surface area contributed by atoms with Crippen LogP contribution in [0.2, 0.25) is 0 Å². The SMILES string of the molecule is COc1cc(NC(=O)c2cnc(SC)n2-c2ccc(F)cc2)ccc1N1CCCC1=O. The molecule has 1 aliphatic rings. The molecule has 1 N–H and O–H groups in total. The highest BCUT2D eigenvalue weighted by atomic mass is 32.2. The van der Waals surface area contributed by atoms with Crippen LogP contribution >= 0.6 is 11.8 Å². The number of carbonyl (C=O) groups is 2. The van der Waals surface area contributed by atoms with E-state index in [9.17, 15) is 14.0 Å². The van der Waals surface area contributed by atoms with Gasteiger partial charge in [-0.05, 0) is 49.1 Å². The zero-order chi connectivity index (χ0) is 22.0. The van der Waals surface area contributed by atoms with E-state index < -0.39 is 0 Å². The van der Waals surface area contributed by atoms with Gasteiger partial charge in [-0.25, -0.2) is 9.37 Å². The number of anilines is 2. The lowest BCUT2D eigenvalue weighted by molar-refractivity contribution is -0.117. The summed E-state index contributed by atoms with van der Waals surface area (Å²) in [6.45, 7) is 0.648. The number of nitrogens with one attached hydrogen (secondary N) is 1. The maximum atomic E-state index is 13.4. The first-order valence-electron chi connectivity index (χ1n) is 9.69. The standard InChI is InChI=1S/C22H21FN4O3S/c1-30-19-12-15(7-10-17(19)26-11-3-4-20(26)28)25-21(29)18-13-24-22(31-2)27(18)16-8-5-14(23)6-9-16/h5-10,12-13H,3-4,11H2,1-2H3,(H,25,29). The van der Waals surface area contributed by atoms with E-state index in [1.807, 2.05) is 6.26 Å². The Bertz CT molecular complexity index is 1130. The van der Waals surface area contributed by atoms with Gasteiger partial charge in [0.2, 0.25) is 5.91 Å². The van der Waals surface area contributed by atoms with Crippen LogP contribution in [0.1, 0.15) is 23.3 Å². The van der Waals surface area contributed by atoms with Crippen molar-refractivity contribution in [3.63, 3.8) is 0 Å². The molecule has 0 radical (unpaired) electrons. The summed E-state index contributed by atoms with van der Waals surface area (Å²) >= 11 is 1.38. The maximum Gasteiger partial charge on any atom is 0.274 e. The molecule has 160 valence electrons. The van der Waals surface area contributed by atoms with E-state index in [-0.39, 0.29) is 17.6 Å². The molecule has 0 saturated carbocycles. The predicted molar refractivity (Wildman–Crippen MR) is 118 cm³/mol. The van der Waals surface area contributed by atoms with Crippen LogP contribution in [-0.2, 0) is 4.79 Å². The molecule has 1 saturated heterocycles. The number of methoxy groups -OCH3 is 1. The Morgan fingerprint density at radius 1 is 1.23 bits per heavy atom. The molecule has 0 atom stereocenters. The third kappa shape index (κ3) is 4.13. The molecule has 1 fully saturated rings. The Morgan fingerprint density at radius 3 is 2.65 bits per heavy atom. The van der Waals surface area contributed by atoms with Crippen molar-refractivity contribution >= 4 is 35.0 Å². The molecule has 1 aromatic heterocycles. The minimum absolute atomic E-state index is 0.0582. The third-order valence-corrected chi connectivity index (χ3v) is 5.68. The van der Waals surface area contributed by atoms with Crippen LogP contribution in [0.3, 0.4) is 0 Å². The van der Waals surface area contributed by atoms with Gasteiger partial charge in [0.25, 0.3) is 5.91 Å². The van der Waals surface area contributed by atoms with Gasteiger partial charge in [0.15, 0.2) is 5.16 Å². The van der Waals surface area contributed by atoms with Crippen LogP contribution < -0.4 is 15.0 Å². The number of benzene rings is 2. The molecule has 2 aromatic carbocycles. The second-order valence-electron chi connectivity index (χ2n) is 6.93. The molecule has 4 rings (SSSR count). The van der Waals surface area contributed by atoms with Crippen LogP contribution in [0, 0.1) is 5.82 Å². The van der Waals surface area contributed by atoms with Crippen LogP contribution in [0.25, 0.3) is 5.69 Å². The van der Waals surface area contributed by atoms with Gasteiger partial charge >= 0.3 is 0 Å². The highest BCUT2D eigenvalue weighted by Crippen LogP contribution is 2.34. The van der Waals surface area contributed by atoms with Crippen molar-refractivity contribution in [3.8, 4) is 11.4 Å². The first-order valence-corrected chi connectivity index (χ1v) is 10.9. The highest BCUT2D eigenvalue weighted by molar-refractivity contribution is 7.98. The number of imidazole rings is 1. The van der Waals surface area contributed by atoms with Crippen molar-refractivity contribution in [3.05, 3.63) is 60.2 Å². The Morgan fingerprint density at radius 2 is 2.00 bits per heavy atom. The number of carbonyl (C=O) groups excluding carboxylic acids is 2. The van der Waals surface area contributed by atoms with E-state index in [0.29, 0.717) is 46.6 Å². The predicted octanol–water partition coefficient (Wildman–Crippen LogP) is 4.12. The zero-order valence-corrected chi connectivity index (χ0v) is 17.9. The molecule has 2 amide bonds. The number of ether oxygens (including phenoxy) is 1. The van der Waals surface area contributed by atoms with Crippen LogP contribution in [0.5, 0.6) is 5.75 Å². The molecule has 0 aliphatic carbocycles. The van der Waals surface area contributed by atoms with Crippen LogP contribution in [0.15, 0.2) is 53.8 Å². The van der Waals surface area contributed by atoms with E-state index in [1.54, 1.807) is 39.8 Å². The summed E-state index contributed by atoms with van der Waals surface area (Å²) in [5.74, 6) is -0.166. The summed E-state index contributed by atoms with van der Waals surface area (Å²) in [4.78, 5) is 31.1. The number of rotatable bonds is 6. The smallest absolute Gasteiger partial charge is 0.274 e. The monoisotopic (exact) mass is 440 g/mol. The van der Waals surface area contributed by atoms with Gasteiger partial charge in [0.1, 0.15) is 17.3 Å². The third-order valence-electron chi connectivity index (χ3n) is 5.03. The molecule has 1 aliphatic heterocycles. The fourth-order valence-electron chi connectivity index (χ4n) is 3.56. The molecule has 0 bridgehead atoms. The van der Waals surface area contributed by atoms with Crippen LogP contribution in [0.4, 0.5) is 15.8 Å². The zero-order valence-electron chi connectivity index (χ0n) is 17.1.